The number of anilines is 1. The van der Waals surface area contributed by atoms with E-state index in [0.717, 1.165) is 33.8 Å². The Balaban J connectivity index is 1.51. The van der Waals surface area contributed by atoms with E-state index in [9.17, 15) is 4.79 Å². The summed E-state index contributed by atoms with van der Waals surface area (Å²) in [6, 6.07) is 27.0. The number of carbonyl (C=O) groups excluding carboxylic acids is 1. The second-order valence-electron chi connectivity index (χ2n) is 7.66. The van der Waals surface area contributed by atoms with E-state index in [4.69, 9.17) is 21.6 Å². The molecule has 1 aliphatic heterocycles. The lowest BCUT2D eigenvalue weighted by molar-refractivity contribution is 0.206. The third-order valence-electron chi connectivity index (χ3n) is 5.52. The van der Waals surface area contributed by atoms with Crippen LogP contribution >= 0.6 is 11.6 Å². The smallest absolute Gasteiger partial charge is 0.320 e. The van der Waals surface area contributed by atoms with Gasteiger partial charge in [-0.05, 0) is 36.4 Å². The number of urea groups is 1. The third kappa shape index (κ3) is 4.20. The number of benzene rings is 3. The zero-order valence-electron chi connectivity index (χ0n) is 17.3. The molecule has 1 N–H and O–H groups in total. The van der Waals surface area contributed by atoms with Crippen molar-refractivity contribution < 1.29 is 4.79 Å². The highest BCUT2D eigenvalue weighted by Crippen LogP contribution is 2.31. The van der Waals surface area contributed by atoms with Gasteiger partial charge in [0, 0.05) is 40.4 Å². The van der Waals surface area contributed by atoms with E-state index < -0.39 is 0 Å². The van der Waals surface area contributed by atoms with Gasteiger partial charge in [0.15, 0.2) is 5.82 Å². The van der Waals surface area contributed by atoms with Crippen LogP contribution in [0.2, 0.25) is 5.02 Å². The molecule has 0 spiro atoms. The first-order valence-corrected chi connectivity index (χ1v) is 10.9. The molecule has 3 aromatic carbocycles. The Labute approximate surface area is 191 Å². The maximum Gasteiger partial charge on any atom is 0.322 e. The van der Waals surface area contributed by atoms with Crippen LogP contribution in [0.4, 0.5) is 10.5 Å². The zero-order valence-corrected chi connectivity index (χ0v) is 18.1. The molecule has 32 heavy (non-hydrogen) atoms. The quantitative estimate of drug-likeness (QED) is 0.421. The Hall–Kier alpha value is -3.70. The summed E-state index contributed by atoms with van der Waals surface area (Å²) in [6.07, 6.45) is 0.667. The van der Waals surface area contributed by atoms with Gasteiger partial charge >= 0.3 is 6.03 Å². The summed E-state index contributed by atoms with van der Waals surface area (Å²) >= 11 is 6.06. The molecular formula is C26H21ClN4O. The van der Waals surface area contributed by atoms with Crippen molar-refractivity contribution in [1.29, 1.82) is 0 Å². The van der Waals surface area contributed by atoms with Crippen molar-refractivity contribution in [3.8, 4) is 22.6 Å². The number of fused-ring (bicyclic) bond motifs is 1. The Morgan fingerprint density at radius 1 is 0.844 bits per heavy atom. The Bertz CT molecular complexity index is 1240. The van der Waals surface area contributed by atoms with Crippen molar-refractivity contribution in [3.63, 3.8) is 0 Å². The molecule has 4 aromatic rings. The highest BCUT2D eigenvalue weighted by molar-refractivity contribution is 6.30. The second kappa shape index (κ2) is 8.81. The predicted molar refractivity (Wildman–Crippen MR) is 127 cm³/mol. The third-order valence-corrected chi connectivity index (χ3v) is 5.77. The van der Waals surface area contributed by atoms with E-state index in [0.29, 0.717) is 30.4 Å². The molecule has 0 aliphatic carbocycles. The molecule has 0 radical (unpaired) electrons. The first kappa shape index (κ1) is 20.2. The molecule has 0 fully saturated rings. The zero-order chi connectivity index (χ0) is 21.9. The number of hydrogen-bond donors (Lipinski definition) is 1. The molecule has 1 aromatic heterocycles. The largest absolute Gasteiger partial charge is 0.322 e. The van der Waals surface area contributed by atoms with Crippen LogP contribution in [0.15, 0.2) is 84.9 Å². The lowest BCUT2D eigenvalue weighted by Crippen LogP contribution is -2.39. The van der Waals surface area contributed by atoms with Crippen LogP contribution < -0.4 is 5.32 Å². The van der Waals surface area contributed by atoms with Gasteiger partial charge in [-0.1, -0.05) is 60.1 Å². The monoisotopic (exact) mass is 440 g/mol. The van der Waals surface area contributed by atoms with Crippen LogP contribution in [0.5, 0.6) is 0 Å². The molecule has 0 saturated heterocycles. The molecule has 5 rings (SSSR count). The number of aromatic nitrogens is 2. The van der Waals surface area contributed by atoms with E-state index in [2.05, 4.69) is 5.32 Å². The second-order valence-corrected chi connectivity index (χ2v) is 8.10. The van der Waals surface area contributed by atoms with E-state index in [1.54, 1.807) is 0 Å². The number of halogens is 1. The first-order valence-electron chi connectivity index (χ1n) is 10.5. The standard InChI is InChI=1S/C26H21ClN4O/c27-20-13-11-19(12-14-20)25-29-23-15-16-31(26(32)28-21-9-5-2-6-10-21)17-22(23)24(30-25)18-7-3-1-4-8-18/h1-14H,15-17H2,(H,28,32). The Morgan fingerprint density at radius 2 is 1.53 bits per heavy atom. The summed E-state index contributed by atoms with van der Waals surface area (Å²) in [5.41, 5.74) is 5.53. The topological polar surface area (TPSA) is 58.1 Å². The molecular weight excluding hydrogens is 420 g/mol. The number of para-hydroxylation sites is 1. The Morgan fingerprint density at radius 3 is 2.25 bits per heavy atom. The number of hydrogen-bond acceptors (Lipinski definition) is 3. The van der Waals surface area contributed by atoms with Crippen molar-refractivity contribution in [1.82, 2.24) is 14.9 Å². The highest BCUT2D eigenvalue weighted by atomic mass is 35.5. The molecule has 1 aliphatic rings. The average Bonchev–Trinajstić information content (AvgIpc) is 2.84. The summed E-state index contributed by atoms with van der Waals surface area (Å²) < 4.78 is 0. The van der Waals surface area contributed by atoms with Gasteiger partial charge in [0.2, 0.25) is 0 Å². The van der Waals surface area contributed by atoms with E-state index in [-0.39, 0.29) is 6.03 Å². The molecule has 0 saturated carbocycles. The van der Waals surface area contributed by atoms with Gasteiger partial charge in [0.1, 0.15) is 0 Å². The predicted octanol–water partition coefficient (Wildman–Crippen LogP) is 6.05. The lowest BCUT2D eigenvalue weighted by atomic mass is 9.98. The van der Waals surface area contributed by atoms with Gasteiger partial charge < -0.3 is 10.2 Å². The number of amides is 2. The molecule has 158 valence electrons. The maximum atomic E-state index is 12.9. The summed E-state index contributed by atoms with van der Waals surface area (Å²) in [6.45, 7) is 1.05. The summed E-state index contributed by atoms with van der Waals surface area (Å²) in [7, 11) is 0. The number of nitrogens with zero attached hydrogens (tertiary/aromatic N) is 3. The summed E-state index contributed by atoms with van der Waals surface area (Å²) in [4.78, 5) is 24.5. The van der Waals surface area contributed by atoms with Gasteiger partial charge in [-0.3, -0.25) is 0 Å². The highest BCUT2D eigenvalue weighted by Gasteiger charge is 2.26. The molecule has 2 heterocycles. The van der Waals surface area contributed by atoms with E-state index in [1.165, 1.54) is 0 Å². The SMILES string of the molecule is O=C(Nc1ccccc1)N1CCc2nc(-c3ccc(Cl)cc3)nc(-c3ccccc3)c2C1. The number of carbonyl (C=O) groups is 1. The number of rotatable bonds is 3. The van der Waals surface area contributed by atoms with Crippen molar-refractivity contribution in [2.45, 2.75) is 13.0 Å². The van der Waals surface area contributed by atoms with Crippen LogP contribution in [0.3, 0.4) is 0 Å². The van der Waals surface area contributed by atoms with Gasteiger partial charge in [0.25, 0.3) is 0 Å². The van der Waals surface area contributed by atoms with Gasteiger partial charge in [-0.15, -0.1) is 0 Å². The fraction of sp³-hybridized carbons (Fsp3) is 0.115. The fourth-order valence-electron chi connectivity index (χ4n) is 3.87. The van der Waals surface area contributed by atoms with Crippen molar-refractivity contribution in [3.05, 3.63) is 101 Å². The van der Waals surface area contributed by atoms with E-state index >= 15 is 0 Å². The lowest BCUT2D eigenvalue weighted by Gasteiger charge is -2.30. The van der Waals surface area contributed by atoms with Crippen LogP contribution in [-0.4, -0.2) is 27.4 Å². The molecule has 0 atom stereocenters. The van der Waals surface area contributed by atoms with Gasteiger partial charge in [-0.2, -0.15) is 0 Å². The van der Waals surface area contributed by atoms with Crippen LogP contribution in [0, 0.1) is 0 Å². The van der Waals surface area contributed by atoms with Crippen molar-refractivity contribution >= 4 is 23.3 Å². The normalized spacial score (nSPS) is 12.8. The molecule has 5 nitrogen and oxygen atoms in total. The van der Waals surface area contributed by atoms with Crippen molar-refractivity contribution in [2.24, 2.45) is 0 Å². The van der Waals surface area contributed by atoms with Crippen LogP contribution in [0.25, 0.3) is 22.6 Å². The first-order chi connectivity index (χ1) is 15.7. The average molecular weight is 441 g/mol. The molecule has 0 bridgehead atoms. The summed E-state index contributed by atoms with van der Waals surface area (Å²) in [5.74, 6) is 0.668. The molecule has 6 heteroatoms. The van der Waals surface area contributed by atoms with Crippen LogP contribution in [-0.2, 0) is 13.0 Å². The fourth-order valence-corrected chi connectivity index (χ4v) is 4.00. The minimum atomic E-state index is -0.123. The van der Waals surface area contributed by atoms with Crippen molar-refractivity contribution in [2.75, 3.05) is 11.9 Å². The van der Waals surface area contributed by atoms with Gasteiger partial charge in [0.05, 0.1) is 17.9 Å². The van der Waals surface area contributed by atoms with E-state index in [1.807, 2.05) is 89.8 Å². The minimum absolute atomic E-state index is 0.123. The van der Waals surface area contributed by atoms with Gasteiger partial charge in [-0.25, -0.2) is 14.8 Å². The molecule has 2 amide bonds. The minimum Gasteiger partial charge on any atom is -0.320 e. The Kier molecular flexibility index (Phi) is 5.57. The maximum absolute atomic E-state index is 12.9. The van der Waals surface area contributed by atoms with Crippen LogP contribution in [0.1, 0.15) is 11.3 Å². The summed E-state index contributed by atoms with van der Waals surface area (Å²) in [5, 5.41) is 3.65. The molecule has 0 unspecified atom stereocenters. The number of nitrogens with one attached hydrogen (secondary N) is 1.